The minimum Gasteiger partial charge on any atom is -0.481 e. The number of nitrogens with zero attached hydrogens (tertiary/aromatic N) is 2. The zero-order chi connectivity index (χ0) is 31.1. The molecule has 1 aromatic heterocycles. The van der Waals surface area contributed by atoms with Crippen LogP contribution in [0.2, 0.25) is 0 Å². The van der Waals surface area contributed by atoms with E-state index in [4.69, 9.17) is 14.2 Å². The van der Waals surface area contributed by atoms with Crippen molar-refractivity contribution in [3.8, 4) is 22.8 Å². The number of rotatable bonds is 15. The van der Waals surface area contributed by atoms with Gasteiger partial charge in [0.2, 0.25) is 5.88 Å². The summed E-state index contributed by atoms with van der Waals surface area (Å²) >= 11 is 0. The zero-order valence-electron chi connectivity index (χ0n) is 26.6. The second kappa shape index (κ2) is 15.2. The molecule has 0 amide bonds. The van der Waals surface area contributed by atoms with Crippen LogP contribution in [0.25, 0.3) is 11.1 Å². The highest BCUT2D eigenvalue weighted by Gasteiger charge is 2.32. The van der Waals surface area contributed by atoms with Gasteiger partial charge in [0.25, 0.3) is 0 Å². The van der Waals surface area contributed by atoms with Crippen molar-refractivity contribution in [2.75, 3.05) is 26.2 Å². The topological polar surface area (TPSA) is 60.9 Å². The Balaban J connectivity index is 1.66. The molecule has 2 atom stereocenters. The highest BCUT2D eigenvalue weighted by atomic mass is 31.1. The normalized spacial score (nSPS) is 14.3. The fourth-order valence-corrected chi connectivity index (χ4v) is 7.01. The number of carbonyl (C=O) groups excluding carboxylic acids is 1. The SMILES string of the molecule is CCOCPC[C@@H](c1cccc(OC(=O)c2cc(CN(C(C)C)C(C)C)c(-c3cc(OC)ncc3F)cc2C)c1)C1CC1. The number of benzene rings is 2. The van der Waals surface area contributed by atoms with Gasteiger partial charge in [0.05, 0.1) is 25.2 Å². The molecule has 1 saturated carbocycles. The van der Waals surface area contributed by atoms with Crippen molar-refractivity contribution < 1.29 is 23.4 Å². The van der Waals surface area contributed by atoms with E-state index in [9.17, 15) is 4.79 Å². The first kappa shape index (κ1) is 33.0. The summed E-state index contributed by atoms with van der Waals surface area (Å²) in [7, 11) is 2.26. The van der Waals surface area contributed by atoms with Crippen molar-refractivity contribution in [3.63, 3.8) is 0 Å². The summed E-state index contributed by atoms with van der Waals surface area (Å²) in [6, 6.07) is 13.8. The molecule has 8 heteroatoms. The molecule has 0 spiro atoms. The maximum absolute atomic E-state index is 15.2. The van der Waals surface area contributed by atoms with Crippen LogP contribution in [0.15, 0.2) is 48.7 Å². The third kappa shape index (κ3) is 8.62. The molecule has 0 saturated heterocycles. The molecular weight excluding hydrogens is 562 g/mol. The standard InChI is InChI=1S/C35H46FN2O4P/c1-8-41-21-43-20-32(25-12-13-25)26-10-9-11-28(15-26)42-35(39)29-16-27(19-38(22(2)3)23(4)5)30(14-24(29)6)31-17-34(40-7)37-18-33(31)36/h9-11,14-18,22-23,25,32,43H,8,12-13,19-21H2,1-7H3/t32-/m1/s1. The van der Waals surface area contributed by atoms with Crippen molar-refractivity contribution >= 4 is 14.6 Å². The summed E-state index contributed by atoms with van der Waals surface area (Å²) < 4.78 is 32.0. The number of methoxy groups -OCH3 is 1. The summed E-state index contributed by atoms with van der Waals surface area (Å²) in [5.74, 6) is 1.15. The molecule has 1 unspecified atom stereocenters. The van der Waals surface area contributed by atoms with Gasteiger partial charge >= 0.3 is 5.97 Å². The highest BCUT2D eigenvalue weighted by Crippen LogP contribution is 2.45. The van der Waals surface area contributed by atoms with E-state index in [0.717, 1.165) is 33.3 Å². The monoisotopic (exact) mass is 608 g/mol. The average Bonchev–Trinajstić information content (AvgIpc) is 3.81. The van der Waals surface area contributed by atoms with Gasteiger partial charge in [0.1, 0.15) is 11.6 Å². The lowest BCUT2D eigenvalue weighted by atomic mass is 9.93. The third-order valence-corrected chi connectivity index (χ3v) is 9.28. The molecule has 1 heterocycles. The number of esters is 1. The van der Waals surface area contributed by atoms with Crippen LogP contribution in [0, 0.1) is 18.7 Å². The molecule has 2 aromatic carbocycles. The van der Waals surface area contributed by atoms with Gasteiger partial charge in [0, 0.05) is 36.9 Å². The Bertz CT molecular complexity index is 1380. The molecule has 1 aliphatic carbocycles. The number of aromatic nitrogens is 1. The van der Waals surface area contributed by atoms with E-state index in [1.807, 2.05) is 44.2 Å². The minimum atomic E-state index is -0.443. The second-order valence-electron chi connectivity index (χ2n) is 11.9. The Morgan fingerprint density at radius 3 is 2.49 bits per heavy atom. The number of hydrogen-bond donors (Lipinski definition) is 0. The minimum absolute atomic E-state index is 0.248. The summed E-state index contributed by atoms with van der Waals surface area (Å²) in [5, 5.41) is 0. The number of pyridine rings is 1. The van der Waals surface area contributed by atoms with E-state index in [2.05, 4.69) is 43.6 Å². The van der Waals surface area contributed by atoms with Crippen LogP contribution in [0.5, 0.6) is 11.6 Å². The Kier molecular flexibility index (Phi) is 11.7. The maximum atomic E-state index is 15.2. The van der Waals surface area contributed by atoms with Crippen molar-refractivity contribution in [2.45, 2.75) is 78.9 Å². The van der Waals surface area contributed by atoms with E-state index in [1.54, 1.807) is 6.07 Å². The highest BCUT2D eigenvalue weighted by molar-refractivity contribution is 7.37. The van der Waals surface area contributed by atoms with Crippen LogP contribution in [-0.2, 0) is 11.3 Å². The Morgan fingerprint density at radius 2 is 1.84 bits per heavy atom. The van der Waals surface area contributed by atoms with Gasteiger partial charge in [0.15, 0.2) is 0 Å². The summed E-state index contributed by atoms with van der Waals surface area (Å²) in [4.78, 5) is 20.0. The smallest absolute Gasteiger partial charge is 0.343 e. The third-order valence-electron chi connectivity index (χ3n) is 8.14. The first-order chi connectivity index (χ1) is 20.6. The molecule has 43 heavy (non-hydrogen) atoms. The molecular formula is C35H46FN2O4P. The van der Waals surface area contributed by atoms with Crippen LogP contribution in [0.4, 0.5) is 4.39 Å². The number of halogens is 1. The van der Waals surface area contributed by atoms with Crippen LogP contribution in [0.3, 0.4) is 0 Å². The van der Waals surface area contributed by atoms with Crippen molar-refractivity contribution in [1.29, 1.82) is 0 Å². The van der Waals surface area contributed by atoms with Crippen molar-refractivity contribution in [1.82, 2.24) is 9.88 Å². The van der Waals surface area contributed by atoms with Gasteiger partial charge in [-0.1, -0.05) is 26.8 Å². The number of carbonyl (C=O) groups is 1. The zero-order valence-corrected chi connectivity index (χ0v) is 27.6. The molecule has 0 N–H and O–H groups in total. The maximum Gasteiger partial charge on any atom is 0.343 e. The van der Waals surface area contributed by atoms with Gasteiger partial charge in [-0.15, -0.1) is 0 Å². The van der Waals surface area contributed by atoms with Gasteiger partial charge in [-0.2, -0.15) is 0 Å². The summed E-state index contributed by atoms with van der Waals surface area (Å²) in [6.45, 7) is 13.7. The first-order valence-electron chi connectivity index (χ1n) is 15.3. The molecule has 1 aliphatic rings. The quantitative estimate of drug-likeness (QED) is 0.0750. The van der Waals surface area contributed by atoms with Crippen LogP contribution >= 0.6 is 8.58 Å². The predicted octanol–water partition coefficient (Wildman–Crippen LogP) is 8.21. The van der Waals surface area contributed by atoms with Crippen molar-refractivity contribution in [2.24, 2.45) is 5.92 Å². The molecule has 0 aliphatic heterocycles. The molecule has 3 aromatic rings. The lowest BCUT2D eigenvalue weighted by Gasteiger charge is -2.31. The van der Waals surface area contributed by atoms with Gasteiger partial charge in [-0.05, 0) is 113 Å². The molecule has 0 radical (unpaired) electrons. The van der Waals surface area contributed by atoms with Gasteiger partial charge in [-0.25, -0.2) is 14.2 Å². The van der Waals surface area contributed by atoms with E-state index in [1.165, 1.54) is 31.7 Å². The second-order valence-corrected chi connectivity index (χ2v) is 13.1. The van der Waals surface area contributed by atoms with Crippen molar-refractivity contribution in [3.05, 3.63) is 76.7 Å². The van der Waals surface area contributed by atoms with Gasteiger partial charge < -0.3 is 14.2 Å². The van der Waals surface area contributed by atoms with E-state index < -0.39 is 11.8 Å². The predicted molar refractivity (Wildman–Crippen MR) is 173 cm³/mol. The number of ether oxygens (including phenoxy) is 3. The van der Waals surface area contributed by atoms with Crippen LogP contribution < -0.4 is 9.47 Å². The first-order valence-corrected chi connectivity index (χ1v) is 16.7. The fourth-order valence-electron chi connectivity index (χ4n) is 5.66. The number of hydrogen-bond acceptors (Lipinski definition) is 6. The molecule has 1 fully saturated rings. The average molecular weight is 609 g/mol. The van der Waals surface area contributed by atoms with E-state index >= 15 is 4.39 Å². The van der Waals surface area contributed by atoms with Crippen LogP contribution in [-0.4, -0.2) is 54.2 Å². The molecule has 4 rings (SSSR count). The van der Waals surface area contributed by atoms with E-state index in [0.29, 0.717) is 52.3 Å². The lowest BCUT2D eigenvalue weighted by Crippen LogP contribution is -2.36. The van der Waals surface area contributed by atoms with Gasteiger partial charge in [-0.3, -0.25) is 4.90 Å². The molecule has 0 bridgehead atoms. The number of aryl methyl sites for hydroxylation is 1. The van der Waals surface area contributed by atoms with E-state index in [-0.39, 0.29) is 12.1 Å². The Labute approximate surface area is 258 Å². The largest absolute Gasteiger partial charge is 0.481 e. The summed E-state index contributed by atoms with van der Waals surface area (Å²) in [5.41, 5.74) is 4.33. The van der Waals surface area contributed by atoms with Crippen LogP contribution in [0.1, 0.15) is 80.4 Å². The lowest BCUT2D eigenvalue weighted by molar-refractivity contribution is 0.0733. The fraction of sp³-hybridized carbons (Fsp3) is 0.486. The Morgan fingerprint density at radius 1 is 1.09 bits per heavy atom. The Hall–Kier alpha value is -2.86. The molecule has 6 nitrogen and oxygen atoms in total. The molecule has 232 valence electrons. The summed E-state index contributed by atoms with van der Waals surface area (Å²) in [6.07, 6.45) is 5.56.